The first-order valence-electron chi connectivity index (χ1n) is 5.86. The summed E-state index contributed by atoms with van der Waals surface area (Å²) in [6.45, 7) is 0.921. The lowest BCUT2D eigenvalue weighted by Crippen LogP contribution is -2.18. The van der Waals surface area contributed by atoms with Crippen LogP contribution in [0, 0.1) is 0 Å². The maximum Gasteiger partial charge on any atom is 0.224 e. The van der Waals surface area contributed by atoms with Crippen LogP contribution in [0.1, 0.15) is 18.4 Å². The van der Waals surface area contributed by atoms with E-state index >= 15 is 0 Å². The molecule has 1 amide bonds. The molecule has 0 aromatic heterocycles. The highest BCUT2D eigenvalue weighted by molar-refractivity contribution is 5.94. The van der Waals surface area contributed by atoms with E-state index in [4.69, 9.17) is 10.3 Å². The average Bonchev–Trinajstić information content (AvgIpc) is 2.38. The van der Waals surface area contributed by atoms with Gasteiger partial charge in [-0.1, -0.05) is 11.2 Å². The molecule has 6 nitrogen and oxygen atoms in total. The highest BCUT2D eigenvalue weighted by atomic mass is 16.5. The summed E-state index contributed by atoms with van der Waals surface area (Å²) < 4.78 is 5.52. The predicted molar refractivity (Wildman–Crippen MR) is 67.5 cm³/mol. The Morgan fingerprint density at radius 2 is 2.33 bits per heavy atom. The molecule has 1 aromatic rings. The quantitative estimate of drug-likeness (QED) is 0.374. The van der Waals surface area contributed by atoms with Crippen LogP contribution in [0.2, 0.25) is 0 Å². The first-order valence-corrected chi connectivity index (χ1v) is 5.86. The van der Waals surface area contributed by atoms with Gasteiger partial charge in [-0.05, 0) is 30.0 Å². The van der Waals surface area contributed by atoms with Crippen molar-refractivity contribution in [1.82, 2.24) is 0 Å². The minimum absolute atomic E-state index is 0.0445. The molecule has 1 heterocycles. The number of nitrogens with zero attached hydrogens (tertiary/aromatic N) is 3. The van der Waals surface area contributed by atoms with Crippen molar-refractivity contribution in [2.24, 2.45) is 5.11 Å². The fourth-order valence-electron chi connectivity index (χ4n) is 1.81. The maximum atomic E-state index is 11.3. The second-order valence-corrected chi connectivity index (χ2v) is 4.02. The topological polar surface area (TPSA) is 87.1 Å². The van der Waals surface area contributed by atoms with E-state index in [2.05, 4.69) is 15.3 Å². The minimum Gasteiger partial charge on any atom is -0.494 e. The molecule has 1 aliphatic heterocycles. The zero-order valence-corrected chi connectivity index (χ0v) is 9.93. The Hall–Kier alpha value is -2.20. The maximum absolute atomic E-state index is 11.3. The SMILES string of the molecule is [N-]=[N+]=NCCCOc1ccc2c(c1)NC(=O)CC2. The van der Waals surface area contributed by atoms with E-state index in [9.17, 15) is 4.79 Å². The van der Waals surface area contributed by atoms with Crippen molar-refractivity contribution in [3.05, 3.63) is 34.2 Å². The summed E-state index contributed by atoms with van der Waals surface area (Å²) in [4.78, 5) is 13.9. The van der Waals surface area contributed by atoms with Crippen LogP contribution in [0.15, 0.2) is 23.3 Å². The second kappa shape index (κ2) is 5.93. The number of nitrogens with one attached hydrogen (secondary N) is 1. The van der Waals surface area contributed by atoms with Gasteiger partial charge in [0.15, 0.2) is 0 Å². The van der Waals surface area contributed by atoms with Crippen LogP contribution in [-0.4, -0.2) is 19.1 Å². The van der Waals surface area contributed by atoms with E-state index in [-0.39, 0.29) is 5.91 Å². The fraction of sp³-hybridized carbons (Fsp3) is 0.417. The van der Waals surface area contributed by atoms with Crippen molar-refractivity contribution in [2.75, 3.05) is 18.5 Å². The summed E-state index contributed by atoms with van der Waals surface area (Å²) in [6, 6.07) is 5.70. The molecule has 0 saturated carbocycles. The molecule has 0 bridgehead atoms. The number of benzene rings is 1. The zero-order valence-electron chi connectivity index (χ0n) is 9.93. The monoisotopic (exact) mass is 246 g/mol. The molecule has 1 aliphatic rings. The van der Waals surface area contributed by atoms with Gasteiger partial charge in [0.1, 0.15) is 5.75 Å². The zero-order chi connectivity index (χ0) is 12.8. The van der Waals surface area contributed by atoms with Gasteiger partial charge in [-0.2, -0.15) is 0 Å². The molecular formula is C12H14N4O2. The van der Waals surface area contributed by atoms with Crippen LogP contribution in [0.3, 0.4) is 0 Å². The number of amides is 1. The number of hydrogen-bond donors (Lipinski definition) is 1. The summed E-state index contributed by atoms with van der Waals surface area (Å²) in [7, 11) is 0. The highest BCUT2D eigenvalue weighted by Crippen LogP contribution is 2.27. The third kappa shape index (κ3) is 3.15. The lowest BCUT2D eigenvalue weighted by atomic mass is 10.0. The normalized spacial score (nSPS) is 13.2. The summed E-state index contributed by atoms with van der Waals surface area (Å²) in [5.74, 6) is 0.764. The van der Waals surface area contributed by atoms with Gasteiger partial charge in [0.05, 0.1) is 6.61 Å². The molecule has 2 rings (SSSR count). The Morgan fingerprint density at radius 3 is 3.17 bits per heavy atom. The van der Waals surface area contributed by atoms with Crippen LogP contribution < -0.4 is 10.1 Å². The average molecular weight is 246 g/mol. The molecule has 0 atom stereocenters. The van der Waals surface area contributed by atoms with Crippen molar-refractivity contribution in [3.8, 4) is 5.75 Å². The number of anilines is 1. The molecule has 0 aliphatic carbocycles. The Labute approximate surface area is 105 Å². The van der Waals surface area contributed by atoms with Gasteiger partial charge >= 0.3 is 0 Å². The molecule has 0 spiro atoms. The molecule has 94 valence electrons. The fourth-order valence-corrected chi connectivity index (χ4v) is 1.81. The van der Waals surface area contributed by atoms with Gasteiger partial charge in [-0.25, -0.2) is 0 Å². The van der Waals surface area contributed by atoms with Crippen LogP contribution in [0.4, 0.5) is 5.69 Å². The number of aryl methyl sites for hydroxylation is 1. The van der Waals surface area contributed by atoms with Gasteiger partial charge in [-0.3, -0.25) is 4.79 Å². The third-order valence-corrected chi connectivity index (χ3v) is 2.71. The van der Waals surface area contributed by atoms with E-state index in [1.54, 1.807) is 0 Å². The van der Waals surface area contributed by atoms with Crippen molar-refractivity contribution >= 4 is 11.6 Å². The number of ether oxygens (including phenoxy) is 1. The number of hydrogen-bond acceptors (Lipinski definition) is 3. The smallest absolute Gasteiger partial charge is 0.224 e. The standard InChI is InChI=1S/C12H14N4O2/c13-16-14-6-1-7-18-10-4-2-9-3-5-12(17)15-11(9)8-10/h2,4,8H,1,3,5-7H2,(H,15,17). The summed E-state index contributed by atoms with van der Waals surface area (Å²) in [5.41, 5.74) is 10.1. The van der Waals surface area contributed by atoms with Crippen molar-refractivity contribution in [2.45, 2.75) is 19.3 Å². The highest BCUT2D eigenvalue weighted by Gasteiger charge is 2.14. The van der Waals surface area contributed by atoms with E-state index in [0.717, 1.165) is 23.4 Å². The molecule has 0 radical (unpaired) electrons. The molecule has 0 fully saturated rings. The lowest BCUT2D eigenvalue weighted by Gasteiger charge is -2.17. The molecule has 0 unspecified atom stereocenters. The molecule has 1 N–H and O–H groups in total. The van der Waals surface area contributed by atoms with Crippen molar-refractivity contribution in [3.63, 3.8) is 0 Å². The van der Waals surface area contributed by atoms with E-state index in [1.807, 2.05) is 18.2 Å². The van der Waals surface area contributed by atoms with Gasteiger partial charge < -0.3 is 10.1 Å². The Bertz CT molecular complexity index is 495. The van der Waals surface area contributed by atoms with Crippen molar-refractivity contribution < 1.29 is 9.53 Å². The summed E-state index contributed by atoms with van der Waals surface area (Å²) in [5, 5.41) is 6.25. The first-order chi connectivity index (χ1) is 8.79. The Balaban J connectivity index is 1.92. The van der Waals surface area contributed by atoms with Gasteiger partial charge in [0.2, 0.25) is 5.91 Å². The number of carbonyl (C=O) groups is 1. The molecular weight excluding hydrogens is 232 g/mol. The van der Waals surface area contributed by atoms with Crippen LogP contribution in [0.25, 0.3) is 10.4 Å². The van der Waals surface area contributed by atoms with Crippen LogP contribution >= 0.6 is 0 Å². The largest absolute Gasteiger partial charge is 0.494 e. The Morgan fingerprint density at radius 1 is 1.44 bits per heavy atom. The molecule has 6 heteroatoms. The summed E-state index contributed by atoms with van der Waals surface area (Å²) in [6.07, 6.45) is 1.99. The van der Waals surface area contributed by atoms with E-state index in [0.29, 0.717) is 26.0 Å². The Kier molecular flexibility index (Phi) is 4.04. The van der Waals surface area contributed by atoms with Crippen LogP contribution in [-0.2, 0) is 11.2 Å². The number of fused-ring (bicyclic) bond motifs is 1. The molecule has 0 saturated heterocycles. The lowest BCUT2D eigenvalue weighted by molar-refractivity contribution is -0.116. The third-order valence-electron chi connectivity index (χ3n) is 2.71. The van der Waals surface area contributed by atoms with Gasteiger partial charge in [-0.15, -0.1) is 0 Å². The van der Waals surface area contributed by atoms with Crippen molar-refractivity contribution in [1.29, 1.82) is 0 Å². The number of rotatable bonds is 5. The number of carbonyl (C=O) groups excluding carboxylic acids is 1. The minimum atomic E-state index is 0.0445. The molecule has 18 heavy (non-hydrogen) atoms. The second-order valence-electron chi connectivity index (χ2n) is 4.02. The predicted octanol–water partition coefficient (Wildman–Crippen LogP) is 2.65. The van der Waals surface area contributed by atoms with Gasteiger partial charge in [0, 0.05) is 29.6 Å². The van der Waals surface area contributed by atoms with E-state index in [1.165, 1.54) is 0 Å². The molecule has 1 aromatic carbocycles. The first kappa shape index (κ1) is 12.3. The van der Waals surface area contributed by atoms with Gasteiger partial charge in [0.25, 0.3) is 0 Å². The van der Waals surface area contributed by atoms with E-state index < -0.39 is 0 Å². The number of azide groups is 1. The van der Waals surface area contributed by atoms with Crippen LogP contribution in [0.5, 0.6) is 5.75 Å². The summed E-state index contributed by atoms with van der Waals surface area (Å²) >= 11 is 0.